The molecule has 1 N–H and O–H groups in total. The van der Waals surface area contributed by atoms with Gasteiger partial charge in [-0.2, -0.15) is 9.97 Å². The van der Waals surface area contributed by atoms with E-state index in [2.05, 4.69) is 20.0 Å². The first-order valence-corrected chi connectivity index (χ1v) is 10.3. The molecule has 3 rings (SSSR count). The maximum absolute atomic E-state index is 12.6. The lowest BCUT2D eigenvalue weighted by Crippen LogP contribution is -2.23. The molecule has 0 saturated carbocycles. The van der Waals surface area contributed by atoms with Crippen molar-refractivity contribution in [3.63, 3.8) is 0 Å². The lowest BCUT2D eigenvalue weighted by Gasteiger charge is -2.14. The predicted molar refractivity (Wildman–Crippen MR) is 103 cm³/mol. The lowest BCUT2D eigenvalue weighted by atomic mass is 10.3. The van der Waals surface area contributed by atoms with E-state index >= 15 is 0 Å². The predicted octanol–water partition coefficient (Wildman–Crippen LogP) is 4.51. The van der Waals surface area contributed by atoms with Gasteiger partial charge in [0.25, 0.3) is 0 Å². The normalized spacial score (nSPS) is 12.4. The summed E-state index contributed by atoms with van der Waals surface area (Å²) < 4.78 is 66.3. The average molecular weight is 463 g/mol. The molecule has 0 aliphatic rings. The van der Waals surface area contributed by atoms with Crippen LogP contribution < -0.4 is 5.32 Å². The first kappa shape index (κ1) is 21.8. The van der Waals surface area contributed by atoms with Crippen LogP contribution in [-0.2, 0) is 14.6 Å². The third-order valence-corrected chi connectivity index (χ3v) is 6.36. The number of hydrogen-bond acceptors (Lipinski definition) is 7. The minimum absolute atomic E-state index is 0.00111. The summed E-state index contributed by atoms with van der Waals surface area (Å²) in [5.41, 5.74) is -0.0798. The van der Waals surface area contributed by atoms with E-state index in [0.29, 0.717) is 4.57 Å². The van der Waals surface area contributed by atoms with Crippen molar-refractivity contribution in [2.75, 3.05) is 5.32 Å². The molecule has 8 nitrogen and oxygen atoms in total. The molecule has 0 radical (unpaired) electrons. The Morgan fingerprint density at radius 3 is 2.50 bits per heavy atom. The van der Waals surface area contributed by atoms with E-state index in [0.717, 1.165) is 6.20 Å². The number of hydrogen-bond donors (Lipinski definition) is 1. The molecule has 2 aromatic heterocycles. The van der Waals surface area contributed by atoms with Crippen molar-refractivity contribution in [1.82, 2.24) is 14.5 Å². The number of benzene rings is 1. The number of sulfone groups is 1. The van der Waals surface area contributed by atoms with Crippen LogP contribution >= 0.6 is 11.6 Å². The van der Waals surface area contributed by atoms with Crippen LogP contribution in [-0.4, -0.2) is 40.7 Å². The fraction of sp³-hybridized carbons (Fsp3) is 0.235. The van der Waals surface area contributed by atoms with Crippen molar-refractivity contribution in [3.05, 3.63) is 41.8 Å². The number of fused-ring (bicyclic) bond motifs is 1. The molecule has 0 atom stereocenters. The van der Waals surface area contributed by atoms with Crippen molar-refractivity contribution in [2.24, 2.45) is 0 Å². The number of alkyl halides is 3. The fourth-order valence-corrected chi connectivity index (χ4v) is 3.94. The van der Waals surface area contributed by atoms with E-state index < -0.39 is 27.5 Å². The quantitative estimate of drug-likeness (QED) is 0.569. The van der Waals surface area contributed by atoms with Gasteiger partial charge in [-0.15, -0.1) is 13.2 Å². The maximum Gasteiger partial charge on any atom is 0.576 e. The van der Waals surface area contributed by atoms with Crippen LogP contribution in [0.1, 0.15) is 13.8 Å². The second kappa shape index (κ2) is 7.76. The van der Waals surface area contributed by atoms with Crippen LogP contribution in [0.3, 0.4) is 0 Å². The van der Waals surface area contributed by atoms with E-state index in [1.165, 1.54) is 32.0 Å². The number of aromatic nitrogens is 3. The highest BCUT2D eigenvalue weighted by atomic mass is 35.5. The monoisotopic (exact) mass is 462 g/mol. The van der Waals surface area contributed by atoms with Crippen LogP contribution in [0.4, 0.5) is 29.5 Å². The van der Waals surface area contributed by atoms with Crippen molar-refractivity contribution >= 4 is 50.1 Å². The van der Waals surface area contributed by atoms with Gasteiger partial charge in [0, 0.05) is 6.20 Å². The van der Waals surface area contributed by atoms with Gasteiger partial charge < -0.3 is 10.1 Å². The topological polar surface area (TPSA) is 103 Å². The molecule has 0 saturated heterocycles. The number of anilines is 2. The number of rotatable bonds is 4. The van der Waals surface area contributed by atoms with Gasteiger partial charge in [-0.3, -0.25) is 0 Å². The van der Waals surface area contributed by atoms with Crippen molar-refractivity contribution in [1.29, 1.82) is 0 Å². The highest BCUT2D eigenvalue weighted by Gasteiger charge is 2.35. The largest absolute Gasteiger partial charge is 0.576 e. The summed E-state index contributed by atoms with van der Waals surface area (Å²) in [6.45, 7) is 3.05. The van der Waals surface area contributed by atoms with Gasteiger partial charge in [0.2, 0.25) is 5.28 Å². The molecular formula is C17H14ClF3N4O4S. The minimum atomic E-state index is -5.18. The van der Waals surface area contributed by atoms with Gasteiger partial charge in [0.1, 0.15) is 5.82 Å². The fourth-order valence-electron chi connectivity index (χ4n) is 2.58. The molecule has 1 aromatic carbocycles. The van der Waals surface area contributed by atoms with E-state index in [4.69, 9.17) is 11.6 Å². The number of carbonyl (C=O) groups is 1. The van der Waals surface area contributed by atoms with Crippen LogP contribution in [0, 0.1) is 0 Å². The third-order valence-electron chi connectivity index (χ3n) is 3.98. The number of nitrogens with one attached hydrogen (secondary N) is 1. The number of nitrogens with zero attached hydrogens (tertiary/aromatic N) is 3. The van der Waals surface area contributed by atoms with E-state index in [1.54, 1.807) is 12.1 Å². The van der Waals surface area contributed by atoms with E-state index in [1.807, 2.05) is 0 Å². The molecule has 160 valence electrons. The first-order valence-electron chi connectivity index (χ1n) is 8.35. The molecule has 0 aliphatic heterocycles. The summed E-state index contributed by atoms with van der Waals surface area (Å²) in [5, 5.41) is 1.85. The molecule has 0 fully saturated rings. The van der Waals surface area contributed by atoms with Gasteiger partial charge in [-0.05, 0) is 43.6 Å². The number of ether oxygens (including phenoxy) is 1. The molecule has 0 amide bonds. The first-order chi connectivity index (χ1) is 13.9. The van der Waals surface area contributed by atoms with Crippen LogP contribution in [0.2, 0.25) is 5.28 Å². The molecule has 0 unspecified atom stereocenters. The van der Waals surface area contributed by atoms with Gasteiger partial charge in [-0.1, -0.05) is 12.1 Å². The zero-order valence-corrected chi connectivity index (χ0v) is 17.0. The van der Waals surface area contributed by atoms with Crippen molar-refractivity contribution in [2.45, 2.75) is 30.4 Å². The summed E-state index contributed by atoms with van der Waals surface area (Å²) in [7, 11) is -3.66. The zero-order valence-electron chi connectivity index (χ0n) is 15.4. The Morgan fingerprint density at radius 2 is 1.87 bits per heavy atom. The minimum Gasteiger partial charge on any atom is -0.355 e. The average Bonchev–Trinajstić information content (AvgIpc) is 3.04. The third kappa shape index (κ3) is 4.33. The second-order valence-electron chi connectivity index (χ2n) is 6.29. The van der Waals surface area contributed by atoms with Crippen LogP contribution in [0.5, 0.6) is 0 Å². The summed E-state index contributed by atoms with van der Waals surface area (Å²) in [4.78, 5) is 19.5. The molecule has 0 aliphatic carbocycles. The molecule has 0 spiro atoms. The Morgan fingerprint density at radius 1 is 1.20 bits per heavy atom. The molecule has 0 bridgehead atoms. The Hall–Kier alpha value is -2.86. The van der Waals surface area contributed by atoms with E-state index in [9.17, 15) is 26.4 Å². The Kier molecular flexibility index (Phi) is 5.65. The Balaban J connectivity index is 2.09. The highest BCUT2D eigenvalue weighted by molar-refractivity contribution is 7.92. The second-order valence-corrected chi connectivity index (χ2v) is 9.10. The number of halogens is 4. The molecule has 13 heteroatoms. The summed E-state index contributed by atoms with van der Waals surface area (Å²) >= 11 is 5.87. The zero-order chi connectivity index (χ0) is 22.3. The maximum atomic E-state index is 12.6. The Bertz CT molecular complexity index is 1230. The highest BCUT2D eigenvalue weighted by Crippen LogP contribution is 2.31. The van der Waals surface area contributed by atoms with Gasteiger partial charge in [0.15, 0.2) is 15.5 Å². The SMILES string of the molecule is CC(C)S(=O)(=O)c1ccccc1Nc1nc(Cl)nc2c1ccn2C(=O)OC(F)(F)F. The lowest BCUT2D eigenvalue weighted by molar-refractivity contribution is -0.291. The van der Waals surface area contributed by atoms with Crippen LogP contribution in [0.25, 0.3) is 11.0 Å². The van der Waals surface area contributed by atoms with Gasteiger partial charge in [0.05, 0.1) is 21.2 Å². The van der Waals surface area contributed by atoms with E-state index in [-0.39, 0.29) is 32.7 Å². The molecule has 30 heavy (non-hydrogen) atoms. The molecular weight excluding hydrogens is 449 g/mol. The number of carbonyl (C=O) groups excluding carboxylic acids is 1. The Labute approximate surface area is 173 Å². The molecule has 2 heterocycles. The van der Waals surface area contributed by atoms with Crippen molar-refractivity contribution in [3.8, 4) is 0 Å². The smallest absolute Gasteiger partial charge is 0.355 e. The number of para-hydroxylation sites is 1. The standard InChI is InChI=1S/C17H14ClF3N4O4S/c1-9(2)30(27,28)12-6-4-3-5-11(12)22-13-10-7-8-25(14(10)24-15(18)23-13)16(26)29-17(19,20)21/h3-9H,1-2H3,(H,22,23,24). The summed E-state index contributed by atoms with van der Waals surface area (Å²) in [5.74, 6) is -0.00466. The van der Waals surface area contributed by atoms with Gasteiger partial charge >= 0.3 is 12.5 Å². The molecule has 3 aromatic rings. The van der Waals surface area contributed by atoms with Crippen LogP contribution in [0.15, 0.2) is 41.4 Å². The van der Waals surface area contributed by atoms with Gasteiger partial charge in [-0.25, -0.2) is 17.8 Å². The summed E-state index contributed by atoms with van der Waals surface area (Å²) in [6, 6.07) is 7.31. The summed E-state index contributed by atoms with van der Waals surface area (Å²) in [6.07, 6.45) is -5.91. The van der Waals surface area contributed by atoms with Crippen molar-refractivity contribution < 1.29 is 31.1 Å².